The van der Waals surface area contributed by atoms with Crippen molar-refractivity contribution in [3.05, 3.63) is 101 Å². The van der Waals surface area contributed by atoms with Crippen LogP contribution in [0.5, 0.6) is 17.2 Å². The van der Waals surface area contributed by atoms with E-state index >= 15 is 0 Å². The molecule has 1 aliphatic rings. The predicted octanol–water partition coefficient (Wildman–Crippen LogP) is 4.44. The molecule has 180 valence electrons. The summed E-state index contributed by atoms with van der Waals surface area (Å²) in [6.07, 6.45) is 6.75. The zero-order chi connectivity index (χ0) is 24.6. The Labute approximate surface area is 205 Å². The van der Waals surface area contributed by atoms with E-state index in [9.17, 15) is 15.3 Å². The maximum atomic E-state index is 10.7. The Morgan fingerprint density at radius 1 is 0.857 bits per heavy atom. The number of aromatic hydroxyl groups is 3. The summed E-state index contributed by atoms with van der Waals surface area (Å²) in [6.45, 7) is 4.77. The third-order valence-electron chi connectivity index (χ3n) is 5.95. The van der Waals surface area contributed by atoms with Gasteiger partial charge < -0.3 is 20.2 Å². The van der Waals surface area contributed by atoms with Crippen molar-refractivity contribution in [2.24, 2.45) is 9.98 Å². The van der Waals surface area contributed by atoms with E-state index in [2.05, 4.69) is 19.8 Å². The lowest BCUT2D eigenvalue weighted by atomic mass is 10.1. The molecule has 1 saturated heterocycles. The van der Waals surface area contributed by atoms with Crippen molar-refractivity contribution in [3.8, 4) is 17.2 Å². The molecule has 0 bridgehead atoms. The Bertz CT molecular complexity index is 1240. The molecule has 3 aromatic rings. The van der Waals surface area contributed by atoms with E-state index in [-0.39, 0.29) is 23.4 Å². The van der Waals surface area contributed by atoms with Crippen molar-refractivity contribution in [2.75, 3.05) is 26.2 Å². The van der Waals surface area contributed by atoms with Gasteiger partial charge in [0.1, 0.15) is 23.4 Å². The second kappa shape index (κ2) is 11.4. The number of nitrogens with zero attached hydrogens (tertiary/aromatic N) is 4. The van der Waals surface area contributed by atoms with Crippen LogP contribution in [-0.4, -0.2) is 63.7 Å². The van der Waals surface area contributed by atoms with Gasteiger partial charge in [0, 0.05) is 61.2 Å². The zero-order valence-corrected chi connectivity index (χ0v) is 19.7. The van der Waals surface area contributed by atoms with Gasteiger partial charge in [-0.15, -0.1) is 0 Å². The standard InChI is InChI=1S/C28H30N4O3/c1-21-10-11-24(27(35)18-21)28-31(14-12-29-19-22-6-2-4-8-25(22)33)16-17-32(28)15-13-30-20-23-7-3-5-9-26(23)34/h2-12,14,18-20,28,33-35H,13,15-17H2,1H3/b14-12+,29-19?,30-20?. The molecule has 0 amide bonds. The summed E-state index contributed by atoms with van der Waals surface area (Å²) in [7, 11) is 0. The normalized spacial score (nSPS) is 16.8. The van der Waals surface area contributed by atoms with Gasteiger partial charge >= 0.3 is 0 Å². The molecule has 4 rings (SSSR count). The lowest BCUT2D eigenvalue weighted by molar-refractivity contribution is 0.176. The van der Waals surface area contributed by atoms with Crippen molar-refractivity contribution >= 4 is 12.4 Å². The Kier molecular flexibility index (Phi) is 7.80. The molecule has 3 N–H and O–H groups in total. The van der Waals surface area contributed by atoms with E-state index in [4.69, 9.17) is 0 Å². The molecule has 35 heavy (non-hydrogen) atoms. The molecule has 0 aromatic heterocycles. The van der Waals surface area contributed by atoms with Crippen LogP contribution in [0.3, 0.4) is 0 Å². The molecule has 0 spiro atoms. The van der Waals surface area contributed by atoms with E-state index in [0.29, 0.717) is 24.2 Å². The maximum Gasteiger partial charge on any atom is 0.124 e. The van der Waals surface area contributed by atoms with E-state index in [1.54, 1.807) is 55.0 Å². The third-order valence-corrected chi connectivity index (χ3v) is 5.95. The molecule has 7 nitrogen and oxygen atoms in total. The van der Waals surface area contributed by atoms with Crippen molar-refractivity contribution in [2.45, 2.75) is 13.1 Å². The number of phenolic OH excluding ortho intramolecular Hbond substituents is 3. The van der Waals surface area contributed by atoms with Crippen LogP contribution in [0.1, 0.15) is 28.4 Å². The monoisotopic (exact) mass is 470 g/mol. The molecule has 7 heteroatoms. The first kappa shape index (κ1) is 24.0. The third kappa shape index (κ3) is 6.07. The van der Waals surface area contributed by atoms with Crippen molar-refractivity contribution < 1.29 is 15.3 Å². The van der Waals surface area contributed by atoms with Gasteiger partial charge in [0.05, 0.1) is 6.54 Å². The van der Waals surface area contributed by atoms with Crippen LogP contribution in [-0.2, 0) is 0 Å². The number of aliphatic imine (C=N–C) groups is 2. The fourth-order valence-corrected chi connectivity index (χ4v) is 4.13. The highest BCUT2D eigenvalue weighted by Crippen LogP contribution is 2.35. The first-order valence-electron chi connectivity index (χ1n) is 11.6. The Morgan fingerprint density at radius 3 is 2.23 bits per heavy atom. The summed E-state index contributed by atoms with van der Waals surface area (Å²) in [5.41, 5.74) is 3.16. The molecule has 1 unspecified atom stereocenters. The fourth-order valence-electron chi connectivity index (χ4n) is 4.13. The number of hydrogen-bond donors (Lipinski definition) is 3. The SMILES string of the molecule is Cc1ccc(C2N(/C=C/N=Cc3ccccc3O)CCN2CCN=Cc2ccccc2O)c(O)c1. The second-order valence-corrected chi connectivity index (χ2v) is 8.44. The molecule has 1 heterocycles. The van der Waals surface area contributed by atoms with Gasteiger partial charge in [-0.1, -0.05) is 36.4 Å². The molecule has 0 aliphatic carbocycles. The first-order valence-corrected chi connectivity index (χ1v) is 11.6. The molecular weight excluding hydrogens is 440 g/mol. The smallest absolute Gasteiger partial charge is 0.124 e. The number of phenols is 3. The highest BCUT2D eigenvalue weighted by Gasteiger charge is 2.32. The summed E-state index contributed by atoms with van der Waals surface area (Å²) in [6, 6.07) is 19.9. The minimum absolute atomic E-state index is 0.160. The van der Waals surface area contributed by atoms with Crippen molar-refractivity contribution in [3.63, 3.8) is 0 Å². The van der Waals surface area contributed by atoms with Gasteiger partial charge in [0.15, 0.2) is 0 Å². The van der Waals surface area contributed by atoms with Crippen LogP contribution in [0.25, 0.3) is 0 Å². The van der Waals surface area contributed by atoms with Crippen LogP contribution < -0.4 is 0 Å². The molecule has 3 aromatic carbocycles. The second-order valence-electron chi connectivity index (χ2n) is 8.44. The molecule has 1 fully saturated rings. The van der Waals surface area contributed by atoms with Gasteiger partial charge in [-0.25, -0.2) is 0 Å². The average molecular weight is 471 g/mol. The number of hydrogen-bond acceptors (Lipinski definition) is 7. The summed E-state index contributed by atoms with van der Waals surface area (Å²) in [4.78, 5) is 13.2. The van der Waals surface area contributed by atoms with Gasteiger partial charge in [-0.2, -0.15) is 0 Å². The summed E-state index contributed by atoms with van der Waals surface area (Å²) in [5.74, 6) is 0.653. The minimum Gasteiger partial charge on any atom is -0.508 e. The van der Waals surface area contributed by atoms with Crippen molar-refractivity contribution in [1.29, 1.82) is 0 Å². The minimum atomic E-state index is -0.160. The van der Waals surface area contributed by atoms with Crippen LogP contribution in [0.15, 0.2) is 89.1 Å². The van der Waals surface area contributed by atoms with E-state index in [1.807, 2.05) is 43.5 Å². The summed E-state index contributed by atoms with van der Waals surface area (Å²) < 4.78 is 0. The Balaban J connectivity index is 1.48. The molecule has 0 saturated carbocycles. The van der Waals surface area contributed by atoms with Crippen LogP contribution in [0.2, 0.25) is 0 Å². The summed E-state index contributed by atoms with van der Waals surface area (Å²) in [5, 5.41) is 30.5. The summed E-state index contributed by atoms with van der Waals surface area (Å²) >= 11 is 0. The van der Waals surface area contributed by atoms with Gasteiger partial charge in [-0.3, -0.25) is 14.9 Å². The topological polar surface area (TPSA) is 91.9 Å². The van der Waals surface area contributed by atoms with Crippen molar-refractivity contribution in [1.82, 2.24) is 9.80 Å². The van der Waals surface area contributed by atoms with Gasteiger partial charge in [0.2, 0.25) is 0 Å². The number of rotatable bonds is 8. The maximum absolute atomic E-state index is 10.7. The van der Waals surface area contributed by atoms with Gasteiger partial charge in [0.25, 0.3) is 0 Å². The lowest BCUT2D eigenvalue weighted by Gasteiger charge is -2.30. The molecule has 1 aliphatic heterocycles. The van der Waals surface area contributed by atoms with Crippen LogP contribution >= 0.6 is 0 Å². The van der Waals surface area contributed by atoms with Crippen LogP contribution in [0.4, 0.5) is 0 Å². The largest absolute Gasteiger partial charge is 0.508 e. The highest BCUT2D eigenvalue weighted by molar-refractivity contribution is 5.83. The molecular formula is C28H30N4O3. The number of aryl methyl sites for hydroxylation is 1. The van der Waals surface area contributed by atoms with Crippen LogP contribution in [0, 0.1) is 6.92 Å². The first-order chi connectivity index (χ1) is 17.0. The Hall–Kier alpha value is -4.10. The number of benzene rings is 3. The predicted molar refractivity (Wildman–Crippen MR) is 139 cm³/mol. The quantitative estimate of drug-likeness (QED) is 0.424. The highest BCUT2D eigenvalue weighted by atomic mass is 16.3. The Morgan fingerprint density at radius 2 is 1.54 bits per heavy atom. The van der Waals surface area contributed by atoms with E-state index in [1.165, 1.54) is 0 Å². The van der Waals surface area contributed by atoms with Gasteiger partial charge in [-0.05, 0) is 42.8 Å². The fraction of sp³-hybridized carbons (Fsp3) is 0.214. The molecule has 0 radical (unpaired) electrons. The average Bonchev–Trinajstić information content (AvgIpc) is 3.24. The van der Waals surface area contributed by atoms with E-state index < -0.39 is 0 Å². The lowest BCUT2D eigenvalue weighted by Crippen LogP contribution is -2.30. The number of para-hydroxylation sites is 2. The van der Waals surface area contributed by atoms with E-state index in [0.717, 1.165) is 24.2 Å². The molecule has 1 atom stereocenters. The zero-order valence-electron chi connectivity index (χ0n) is 19.7.